The molecule has 2 heterocycles. The van der Waals surface area contributed by atoms with Crippen LogP contribution in [0.1, 0.15) is 28.8 Å². The maximum Gasteiger partial charge on any atom is 0.337 e. The molecule has 5 rings (SSSR count). The number of carbonyl (C=O) groups excluding carboxylic acids is 1. The highest BCUT2D eigenvalue weighted by Gasteiger charge is 2.12. The van der Waals surface area contributed by atoms with Gasteiger partial charge in [0, 0.05) is 12.1 Å². The van der Waals surface area contributed by atoms with E-state index in [1.165, 1.54) is 49.7 Å². The van der Waals surface area contributed by atoms with Crippen LogP contribution in [0.25, 0.3) is 33.5 Å². The summed E-state index contributed by atoms with van der Waals surface area (Å²) in [4.78, 5) is 22.2. The van der Waals surface area contributed by atoms with Gasteiger partial charge in [-0.3, -0.25) is 4.90 Å². The molecular weight excluding hydrogens is 386 g/mol. The number of imidazole rings is 1. The van der Waals surface area contributed by atoms with E-state index >= 15 is 0 Å². The molecule has 0 saturated carbocycles. The van der Waals surface area contributed by atoms with Gasteiger partial charge in [0.05, 0.1) is 23.7 Å². The quantitative estimate of drug-likeness (QED) is 0.454. The molecule has 1 aromatic heterocycles. The zero-order valence-electron chi connectivity index (χ0n) is 17.6. The summed E-state index contributed by atoms with van der Waals surface area (Å²) in [6.45, 7) is 3.48. The molecular formula is C26H25N3O2. The topological polar surface area (TPSA) is 58.2 Å². The summed E-state index contributed by atoms with van der Waals surface area (Å²) >= 11 is 0. The van der Waals surface area contributed by atoms with Crippen LogP contribution in [0, 0.1) is 0 Å². The molecule has 0 spiro atoms. The molecule has 1 aliphatic heterocycles. The Balaban J connectivity index is 1.34. The number of likely N-dealkylation sites (tertiary alicyclic amines) is 1. The van der Waals surface area contributed by atoms with Crippen molar-refractivity contribution in [2.45, 2.75) is 19.4 Å². The number of nitrogens with zero attached hydrogens (tertiary/aromatic N) is 2. The predicted octanol–water partition coefficient (Wildman–Crippen LogP) is 5.28. The van der Waals surface area contributed by atoms with Crippen molar-refractivity contribution in [3.05, 3.63) is 77.9 Å². The summed E-state index contributed by atoms with van der Waals surface area (Å²) in [5, 5.41) is 0. The molecule has 156 valence electrons. The van der Waals surface area contributed by atoms with Crippen molar-refractivity contribution >= 4 is 17.0 Å². The fourth-order valence-corrected chi connectivity index (χ4v) is 4.21. The van der Waals surface area contributed by atoms with Crippen LogP contribution < -0.4 is 0 Å². The Hall–Kier alpha value is -3.44. The molecule has 31 heavy (non-hydrogen) atoms. The number of esters is 1. The van der Waals surface area contributed by atoms with Crippen LogP contribution in [0.5, 0.6) is 0 Å². The maximum atomic E-state index is 11.8. The second-order valence-corrected chi connectivity index (χ2v) is 8.07. The van der Waals surface area contributed by atoms with E-state index in [9.17, 15) is 4.79 Å². The molecule has 0 bridgehead atoms. The fourth-order valence-electron chi connectivity index (χ4n) is 4.21. The second-order valence-electron chi connectivity index (χ2n) is 8.07. The second kappa shape index (κ2) is 8.36. The summed E-state index contributed by atoms with van der Waals surface area (Å²) in [6.07, 6.45) is 2.64. The van der Waals surface area contributed by atoms with Gasteiger partial charge in [0.15, 0.2) is 0 Å². The Labute approximate surface area is 181 Å². The smallest absolute Gasteiger partial charge is 0.337 e. The zero-order chi connectivity index (χ0) is 21.2. The summed E-state index contributed by atoms with van der Waals surface area (Å²) in [5.41, 5.74) is 6.91. The normalized spacial score (nSPS) is 14.2. The summed E-state index contributed by atoms with van der Waals surface area (Å²) < 4.78 is 4.80. The zero-order valence-corrected chi connectivity index (χ0v) is 17.6. The molecule has 0 radical (unpaired) electrons. The minimum absolute atomic E-state index is 0.353. The molecule has 3 aromatic carbocycles. The molecule has 1 fully saturated rings. The molecule has 1 N–H and O–H groups in total. The molecule has 1 aliphatic rings. The number of methoxy groups -OCH3 is 1. The number of carbonyl (C=O) groups is 1. The molecule has 4 aromatic rings. The van der Waals surface area contributed by atoms with E-state index < -0.39 is 0 Å². The van der Waals surface area contributed by atoms with E-state index in [0.29, 0.717) is 5.56 Å². The van der Waals surface area contributed by atoms with Crippen LogP contribution >= 0.6 is 0 Å². The SMILES string of the molecule is COC(=O)c1ccc2nc(-c3ccc(-c4ccc(CN5CCCC5)cc4)cc3)[nH]c2c1. The monoisotopic (exact) mass is 411 g/mol. The van der Waals surface area contributed by atoms with Crippen molar-refractivity contribution in [2.24, 2.45) is 0 Å². The highest BCUT2D eigenvalue weighted by atomic mass is 16.5. The predicted molar refractivity (Wildman–Crippen MR) is 123 cm³/mol. The molecule has 0 atom stereocenters. The largest absolute Gasteiger partial charge is 0.465 e. The van der Waals surface area contributed by atoms with Gasteiger partial charge < -0.3 is 9.72 Å². The Kier molecular flexibility index (Phi) is 5.26. The van der Waals surface area contributed by atoms with Gasteiger partial charge in [-0.25, -0.2) is 9.78 Å². The van der Waals surface area contributed by atoms with Gasteiger partial charge in [0.25, 0.3) is 0 Å². The standard InChI is InChI=1S/C26H25N3O2/c1-31-26(30)22-12-13-23-24(16-22)28-25(27-23)21-10-8-20(9-11-21)19-6-4-18(5-7-19)17-29-14-2-3-15-29/h4-13,16H,2-3,14-15,17H2,1H3,(H,27,28). The first-order valence-electron chi connectivity index (χ1n) is 10.7. The summed E-state index contributed by atoms with van der Waals surface area (Å²) in [5.74, 6) is 0.429. The van der Waals surface area contributed by atoms with Crippen LogP contribution in [-0.2, 0) is 11.3 Å². The molecule has 0 unspecified atom stereocenters. The Morgan fingerprint density at radius 2 is 1.58 bits per heavy atom. The third-order valence-corrected chi connectivity index (χ3v) is 5.95. The van der Waals surface area contributed by atoms with Crippen molar-refractivity contribution in [3.63, 3.8) is 0 Å². The number of benzene rings is 3. The lowest BCUT2D eigenvalue weighted by atomic mass is 10.0. The van der Waals surface area contributed by atoms with Crippen molar-refractivity contribution in [2.75, 3.05) is 20.2 Å². The lowest BCUT2D eigenvalue weighted by Gasteiger charge is -2.14. The van der Waals surface area contributed by atoms with E-state index in [1.807, 2.05) is 6.07 Å². The van der Waals surface area contributed by atoms with Crippen LogP contribution in [0.4, 0.5) is 0 Å². The van der Waals surface area contributed by atoms with Crippen molar-refractivity contribution in [1.82, 2.24) is 14.9 Å². The average molecular weight is 412 g/mol. The van der Waals surface area contributed by atoms with E-state index in [1.54, 1.807) is 12.1 Å². The van der Waals surface area contributed by atoms with Crippen LogP contribution in [-0.4, -0.2) is 41.0 Å². The number of H-pyrrole nitrogens is 1. The first kappa shape index (κ1) is 19.5. The number of aromatic amines is 1. The minimum atomic E-state index is -0.353. The number of hydrogen-bond donors (Lipinski definition) is 1. The van der Waals surface area contributed by atoms with Crippen LogP contribution in [0.3, 0.4) is 0 Å². The number of fused-ring (bicyclic) bond motifs is 1. The van der Waals surface area contributed by atoms with Gasteiger partial charge in [-0.15, -0.1) is 0 Å². The Bertz CT molecular complexity index is 1200. The van der Waals surface area contributed by atoms with Gasteiger partial charge in [-0.2, -0.15) is 0 Å². The molecule has 0 aliphatic carbocycles. The lowest BCUT2D eigenvalue weighted by molar-refractivity contribution is 0.0601. The number of hydrogen-bond acceptors (Lipinski definition) is 4. The third-order valence-electron chi connectivity index (χ3n) is 5.95. The van der Waals surface area contributed by atoms with Crippen molar-refractivity contribution in [3.8, 4) is 22.5 Å². The molecule has 5 nitrogen and oxygen atoms in total. The molecule has 1 saturated heterocycles. The van der Waals surface area contributed by atoms with E-state index in [0.717, 1.165) is 29.0 Å². The number of aromatic nitrogens is 2. The first-order valence-corrected chi connectivity index (χ1v) is 10.7. The maximum absolute atomic E-state index is 11.8. The van der Waals surface area contributed by atoms with Crippen molar-refractivity contribution < 1.29 is 9.53 Å². The van der Waals surface area contributed by atoms with E-state index in [4.69, 9.17) is 4.74 Å². The first-order chi connectivity index (χ1) is 15.2. The molecule has 0 amide bonds. The van der Waals surface area contributed by atoms with Crippen LogP contribution in [0.2, 0.25) is 0 Å². The lowest BCUT2D eigenvalue weighted by Crippen LogP contribution is -2.18. The van der Waals surface area contributed by atoms with E-state index in [2.05, 4.69) is 63.4 Å². The van der Waals surface area contributed by atoms with Crippen LogP contribution in [0.15, 0.2) is 66.7 Å². The third kappa shape index (κ3) is 4.09. The van der Waals surface area contributed by atoms with Gasteiger partial charge >= 0.3 is 5.97 Å². The van der Waals surface area contributed by atoms with E-state index in [-0.39, 0.29) is 5.97 Å². The fraction of sp³-hybridized carbons (Fsp3) is 0.231. The highest BCUT2D eigenvalue weighted by Crippen LogP contribution is 2.26. The Morgan fingerprint density at radius 3 is 2.26 bits per heavy atom. The summed E-state index contributed by atoms with van der Waals surface area (Å²) in [6, 6.07) is 22.6. The minimum Gasteiger partial charge on any atom is -0.465 e. The Morgan fingerprint density at radius 1 is 0.935 bits per heavy atom. The number of nitrogens with one attached hydrogen (secondary N) is 1. The molecule has 5 heteroatoms. The summed E-state index contributed by atoms with van der Waals surface area (Å²) in [7, 11) is 1.38. The van der Waals surface area contributed by atoms with Gasteiger partial charge in [0.1, 0.15) is 5.82 Å². The highest BCUT2D eigenvalue weighted by molar-refractivity contribution is 5.94. The number of ether oxygens (including phenoxy) is 1. The van der Waals surface area contributed by atoms with Crippen molar-refractivity contribution in [1.29, 1.82) is 0 Å². The average Bonchev–Trinajstić information content (AvgIpc) is 3.48. The van der Waals surface area contributed by atoms with Gasteiger partial charge in [0.2, 0.25) is 0 Å². The number of rotatable bonds is 5. The van der Waals surface area contributed by atoms with Gasteiger partial charge in [-0.1, -0.05) is 48.5 Å². The van der Waals surface area contributed by atoms with Gasteiger partial charge in [-0.05, 0) is 60.8 Å².